The van der Waals surface area contributed by atoms with Gasteiger partial charge in [-0.25, -0.2) is 0 Å². The number of nitrogens with zero attached hydrogens (tertiary/aromatic N) is 1. The van der Waals surface area contributed by atoms with Crippen molar-refractivity contribution in [3.63, 3.8) is 0 Å². The third kappa shape index (κ3) is 9.13. The molecule has 2 atom stereocenters. The summed E-state index contributed by atoms with van der Waals surface area (Å²) < 4.78 is 33.6. The molecule has 2 unspecified atom stereocenters. The van der Waals surface area contributed by atoms with Crippen molar-refractivity contribution in [2.24, 2.45) is 11.8 Å². The number of benzene rings is 3. The summed E-state index contributed by atoms with van der Waals surface area (Å²) in [5.41, 5.74) is 7.42. The van der Waals surface area contributed by atoms with Crippen molar-refractivity contribution in [3.05, 3.63) is 77.4 Å². The van der Waals surface area contributed by atoms with Crippen LogP contribution in [0.5, 0.6) is 34.5 Å². The van der Waals surface area contributed by atoms with E-state index in [0.29, 0.717) is 40.4 Å². The summed E-state index contributed by atoms with van der Waals surface area (Å²) in [6.45, 7) is 5.69. The van der Waals surface area contributed by atoms with Gasteiger partial charge in [0.2, 0.25) is 11.5 Å². The zero-order chi connectivity index (χ0) is 34.8. The molecule has 5 rings (SSSR count). The van der Waals surface area contributed by atoms with Gasteiger partial charge in [-0.2, -0.15) is 0 Å². The van der Waals surface area contributed by atoms with Crippen molar-refractivity contribution in [1.29, 1.82) is 0 Å². The molecule has 2 aliphatic rings. The van der Waals surface area contributed by atoms with E-state index in [-0.39, 0.29) is 0 Å². The van der Waals surface area contributed by atoms with Gasteiger partial charge < -0.3 is 28.4 Å². The van der Waals surface area contributed by atoms with Crippen LogP contribution in [0.15, 0.2) is 66.3 Å². The van der Waals surface area contributed by atoms with E-state index in [2.05, 4.69) is 60.4 Å². The number of hydrogen-bond donors (Lipinski definition) is 0. The Balaban J connectivity index is 1.18. The average Bonchev–Trinajstić information content (AvgIpc) is 3.12. The van der Waals surface area contributed by atoms with E-state index in [0.717, 1.165) is 48.5 Å². The van der Waals surface area contributed by atoms with Crippen molar-refractivity contribution in [2.75, 3.05) is 62.3 Å². The van der Waals surface area contributed by atoms with Crippen molar-refractivity contribution in [2.45, 2.75) is 58.3 Å². The summed E-state index contributed by atoms with van der Waals surface area (Å²) in [6, 6.07) is 17.0. The largest absolute Gasteiger partial charge is 0.493 e. The maximum Gasteiger partial charge on any atom is 0.203 e. The van der Waals surface area contributed by atoms with Gasteiger partial charge >= 0.3 is 0 Å². The van der Waals surface area contributed by atoms with Crippen LogP contribution in [0.4, 0.5) is 0 Å². The summed E-state index contributed by atoms with van der Waals surface area (Å²) in [5.74, 6) is 5.21. The maximum atomic E-state index is 5.65. The van der Waals surface area contributed by atoms with Crippen LogP contribution < -0.4 is 28.4 Å². The Morgan fingerprint density at radius 3 is 1.92 bits per heavy atom. The van der Waals surface area contributed by atoms with E-state index in [1.165, 1.54) is 61.8 Å². The molecule has 0 saturated carbocycles. The predicted octanol–water partition coefficient (Wildman–Crippen LogP) is 9.27. The first-order valence-electron chi connectivity index (χ1n) is 17.7. The number of methoxy groups -OCH3 is 6. The Kier molecular flexibility index (Phi) is 12.9. The van der Waals surface area contributed by atoms with Gasteiger partial charge in [-0.3, -0.25) is 4.90 Å². The lowest BCUT2D eigenvalue weighted by Gasteiger charge is -2.31. The summed E-state index contributed by atoms with van der Waals surface area (Å²) in [5, 5.41) is 0. The van der Waals surface area contributed by atoms with Crippen LogP contribution in [0.25, 0.3) is 16.7 Å². The first kappa shape index (κ1) is 36.2. The molecule has 1 saturated heterocycles. The highest BCUT2D eigenvalue weighted by Crippen LogP contribution is 2.43. The van der Waals surface area contributed by atoms with Gasteiger partial charge in [0.25, 0.3) is 0 Å². The molecular formula is C42H55NO6. The summed E-state index contributed by atoms with van der Waals surface area (Å²) in [7, 11) is 9.95. The number of allylic oxidation sites excluding steroid dienone is 3. The van der Waals surface area contributed by atoms with Crippen molar-refractivity contribution >= 4 is 5.57 Å². The molecular weight excluding hydrogens is 614 g/mol. The Bertz CT molecular complexity index is 1560. The summed E-state index contributed by atoms with van der Waals surface area (Å²) >= 11 is 0. The van der Waals surface area contributed by atoms with Gasteiger partial charge in [-0.05, 0) is 109 Å². The standard InChI is InChI=1S/C42H55NO6/c1-29-20-32(23-34(21-29)36-26-39(46-4)42(49-7)40(27-36)47-5)28-43-18-9-8-12-30(17-19-43)13-10-14-31-15-11-16-33(22-31)35-24-37(44-2)41(48-6)38(25-35)45-3/h11,15-16,21-27,29-30H,8-10,12-14,17-20,28H2,1-7H3. The van der Waals surface area contributed by atoms with Crippen molar-refractivity contribution in [1.82, 2.24) is 4.90 Å². The van der Waals surface area contributed by atoms with Crippen molar-refractivity contribution < 1.29 is 28.4 Å². The molecule has 0 radical (unpaired) electrons. The van der Waals surface area contributed by atoms with Crippen LogP contribution in [0.1, 0.15) is 63.0 Å². The molecule has 7 nitrogen and oxygen atoms in total. The molecule has 1 fully saturated rings. The number of hydrogen-bond acceptors (Lipinski definition) is 7. The highest BCUT2D eigenvalue weighted by atomic mass is 16.5. The highest BCUT2D eigenvalue weighted by molar-refractivity contribution is 5.79. The quantitative estimate of drug-likeness (QED) is 0.170. The predicted molar refractivity (Wildman–Crippen MR) is 199 cm³/mol. The minimum Gasteiger partial charge on any atom is -0.493 e. The number of likely N-dealkylation sites (tertiary alicyclic amines) is 1. The second-order valence-electron chi connectivity index (χ2n) is 13.5. The Morgan fingerprint density at radius 2 is 1.31 bits per heavy atom. The van der Waals surface area contributed by atoms with E-state index >= 15 is 0 Å². The fraction of sp³-hybridized carbons (Fsp3) is 0.476. The average molecular weight is 670 g/mol. The molecule has 0 amide bonds. The molecule has 1 heterocycles. The first-order chi connectivity index (χ1) is 23.9. The minimum atomic E-state index is 0.476. The third-order valence-corrected chi connectivity index (χ3v) is 10.0. The third-order valence-electron chi connectivity index (χ3n) is 10.0. The minimum absolute atomic E-state index is 0.476. The molecule has 0 spiro atoms. The Morgan fingerprint density at radius 1 is 0.673 bits per heavy atom. The van der Waals surface area contributed by atoms with Gasteiger partial charge in [-0.1, -0.05) is 68.2 Å². The van der Waals surface area contributed by atoms with Crippen LogP contribution in [0.3, 0.4) is 0 Å². The molecule has 264 valence electrons. The van der Waals surface area contributed by atoms with Gasteiger partial charge in [0, 0.05) is 6.54 Å². The molecule has 1 aliphatic carbocycles. The zero-order valence-corrected chi connectivity index (χ0v) is 30.6. The van der Waals surface area contributed by atoms with Crippen LogP contribution in [-0.4, -0.2) is 67.2 Å². The number of rotatable bonds is 14. The Labute approximate surface area is 293 Å². The normalized spacial score (nSPS) is 18.4. The maximum absolute atomic E-state index is 5.65. The van der Waals surface area contributed by atoms with Gasteiger partial charge in [0.1, 0.15) is 0 Å². The molecule has 1 aliphatic heterocycles. The number of aryl methyl sites for hydroxylation is 1. The zero-order valence-electron chi connectivity index (χ0n) is 30.6. The number of ether oxygens (including phenoxy) is 6. The first-order valence-corrected chi connectivity index (χ1v) is 17.7. The van der Waals surface area contributed by atoms with Crippen molar-refractivity contribution in [3.8, 4) is 45.6 Å². The molecule has 7 heteroatoms. The lowest BCUT2D eigenvalue weighted by molar-refractivity contribution is 0.225. The Hall–Kier alpha value is -4.10. The van der Waals surface area contributed by atoms with Gasteiger partial charge in [0.05, 0.1) is 42.7 Å². The molecule has 0 bridgehead atoms. The van der Waals surface area contributed by atoms with Gasteiger partial charge in [0.15, 0.2) is 23.0 Å². The van der Waals surface area contributed by atoms with E-state index in [1.807, 2.05) is 12.1 Å². The fourth-order valence-corrected chi connectivity index (χ4v) is 7.52. The molecule has 0 aromatic heterocycles. The topological polar surface area (TPSA) is 58.6 Å². The van der Waals surface area contributed by atoms with Crippen LogP contribution >= 0.6 is 0 Å². The smallest absolute Gasteiger partial charge is 0.203 e. The van der Waals surface area contributed by atoms with E-state index < -0.39 is 0 Å². The lowest BCUT2D eigenvalue weighted by Crippen LogP contribution is -2.31. The second kappa shape index (κ2) is 17.5. The van der Waals surface area contributed by atoms with E-state index in [1.54, 1.807) is 42.7 Å². The molecule has 3 aromatic rings. The second-order valence-corrected chi connectivity index (χ2v) is 13.5. The fourth-order valence-electron chi connectivity index (χ4n) is 7.52. The van der Waals surface area contributed by atoms with Gasteiger partial charge in [-0.15, -0.1) is 0 Å². The van der Waals surface area contributed by atoms with Crippen LogP contribution in [-0.2, 0) is 6.42 Å². The molecule has 49 heavy (non-hydrogen) atoms. The summed E-state index contributed by atoms with van der Waals surface area (Å²) in [4.78, 5) is 2.70. The van der Waals surface area contributed by atoms with E-state index in [4.69, 9.17) is 28.4 Å². The van der Waals surface area contributed by atoms with E-state index in [9.17, 15) is 0 Å². The monoisotopic (exact) mass is 669 g/mol. The highest BCUT2D eigenvalue weighted by Gasteiger charge is 2.21. The van der Waals surface area contributed by atoms with Crippen LogP contribution in [0, 0.1) is 11.8 Å². The molecule has 3 aromatic carbocycles. The summed E-state index contributed by atoms with van der Waals surface area (Å²) in [6.07, 6.45) is 14.6. The molecule has 0 N–H and O–H groups in total. The SMILES string of the molecule is COc1cc(C2=CC(C)CC(CN3CCCCC(CCCc4cccc(-c5cc(OC)c(OC)c(OC)c5)c4)CC3)=C2)cc(OC)c1OC. The lowest BCUT2D eigenvalue weighted by atomic mass is 9.87. The van der Waals surface area contributed by atoms with Crippen LogP contribution in [0.2, 0.25) is 0 Å².